The summed E-state index contributed by atoms with van der Waals surface area (Å²) in [6.45, 7) is 5.51. The Morgan fingerprint density at radius 2 is 2.07 bits per heavy atom. The van der Waals surface area contributed by atoms with Gasteiger partial charge in [-0.05, 0) is 44.9 Å². The fraction of sp³-hybridized carbons (Fsp3) is 0.478. The molecule has 0 saturated carbocycles. The predicted octanol–water partition coefficient (Wildman–Crippen LogP) is 2.93. The number of pyridine rings is 1. The van der Waals surface area contributed by atoms with E-state index in [-0.39, 0.29) is 11.9 Å². The lowest BCUT2D eigenvalue weighted by Crippen LogP contribution is -2.45. The number of amides is 1. The maximum absolute atomic E-state index is 12.6. The van der Waals surface area contributed by atoms with Crippen molar-refractivity contribution in [3.05, 3.63) is 53.2 Å². The molecule has 2 atom stereocenters. The fourth-order valence-corrected chi connectivity index (χ4v) is 4.53. The van der Waals surface area contributed by atoms with Crippen LogP contribution in [-0.4, -0.2) is 37.6 Å². The van der Waals surface area contributed by atoms with E-state index >= 15 is 0 Å². The Balaban J connectivity index is 1.57. The maximum atomic E-state index is 12.6. The summed E-state index contributed by atoms with van der Waals surface area (Å²) in [4.78, 5) is 19.1. The fourth-order valence-electron chi connectivity index (χ4n) is 4.53. The van der Waals surface area contributed by atoms with Gasteiger partial charge in [-0.2, -0.15) is 0 Å². The minimum Gasteiger partial charge on any atom is -0.481 e. The van der Waals surface area contributed by atoms with Crippen LogP contribution in [0.15, 0.2) is 36.4 Å². The van der Waals surface area contributed by atoms with Crippen LogP contribution < -0.4 is 20.3 Å². The number of nitrogens with zero attached hydrogens (tertiary/aromatic N) is 2. The number of nitrogens with one attached hydrogen (secondary N) is 2. The third-order valence-electron chi connectivity index (χ3n) is 6.20. The molecule has 1 saturated heterocycles. The molecule has 1 aromatic carbocycles. The van der Waals surface area contributed by atoms with Crippen LogP contribution in [0, 0.1) is 0 Å². The quantitative estimate of drug-likeness (QED) is 0.816. The Kier molecular flexibility index (Phi) is 5.32. The standard InChI is InChI=1S/C23H30N4O2/c1-23(2)20-18(27(3)22(23)28)13-16(21(26-20)29-4)14-25-17-11-8-12-24-19(17)15-9-6-5-7-10-15/h5-7,9-10,13,17,19,24-25H,8,11-12,14H2,1-4H3. The number of carbonyl (C=O) groups excluding carboxylic acids is 1. The van der Waals surface area contributed by atoms with Crippen molar-refractivity contribution in [2.45, 2.75) is 50.7 Å². The zero-order chi connectivity index (χ0) is 20.6. The molecular weight excluding hydrogens is 364 g/mol. The lowest BCUT2D eigenvalue weighted by molar-refractivity contribution is -0.121. The van der Waals surface area contributed by atoms with E-state index < -0.39 is 5.41 Å². The van der Waals surface area contributed by atoms with E-state index in [9.17, 15) is 4.79 Å². The molecule has 1 aromatic heterocycles. The van der Waals surface area contributed by atoms with Crippen LogP contribution in [0.1, 0.15) is 49.6 Å². The lowest BCUT2D eigenvalue weighted by Gasteiger charge is -2.34. The molecular formula is C23H30N4O2. The van der Waals surface area contributed by atoms with Gasteiger partial charge in [0.1, 0.15) is 0 Å². The first-order chi connectivity index (χ1) is 13.9. The van der Waals surface area contributed by atoms with Crippen LogP contribution in [0.25, 0.3) is 0 Å². The van der Waals surface area contributed by atoms with Gasteiger partial charge in [-0.3, -0.25) is 4.79 Å². The minimum absolute atomic E-state index is 0.0628. The van der Waals surface area contributed by atoms with Crippen LogP contribution in [0.3, 0.4) is 0 Å². The summed E-state index contributed by atoms with van der Waals surface area (Å²) in [6.07, 6.45) is 2.25. The van der Waals surface area contributed by atoms with E-state index in [1.165, 1.54) is 5.56 Å². The van der Waals surface area contributed by atoms with Crippen LogP contribution >= 0.6 is 0 Å². The van der Waals surface area contributed by atoms with E-state index in [0.29, 0.717) is 18.5 Å². The van der Waals surface area contributed by atoms with Crippen molar-refractivity contribution in [2.24, 2.45) is 0 Å². The highest BCUT2D eigenvalue weighted by molar-refractivity contribution is 6.06. The highest BCUT2D eigenvalue weighted by atomic mass is 16.5. The molecule has 0 spiro atoms. The maximum Gasteiger partial charge on any atom is 0.238 e. The number of ether oxygens (including phenoxy) is 1. The van der Waals surface area contributed by atoms with Crippen molar-refractivity contribution in [2.75, 3.05) is 25.6 Å². The smallest absolute Gasteiger partial charge is 0.238 e. The Labute approximate surface area is 172 Å². The van der Waals surface area contributed by atoms with E-state index in [0.717, 1.165) is 36.3 Å². The van der Waals surface area contributed by atoms with Gasteiger partial charge in [0.25, 0.3) is 0 Å². The molecule has 29 heavy (non-hydrogen) atoms. The number of piperidine rings is 1. The number of hydrogen-bond acceptors (Lipinski definition) is 5. The molecule has 3 heterocycles. The molecule has 2 N–H and O–H groups in total. The summed E-state index contributed by atoms with van der Waals surface area (Å²) < 4.78 is 5.59. The van der Waals surface area contributed by atoms with Crippen molar-refractivity contribution in [3.63, 3.8) is 0 Å². The van der Waals surface area contributed by atoms with Gasteiger partial charge in [0, 0.05) is 31.2 Å². The van der Waals surface area contributed by atoms with E-state index in [1.807, 2.05) is 20.9 Å². The number of aromatic nitrogens is 1. The molecule has 1 amide bonds. The number of methoxy groups -OCH3 is 1. The molecule has 2 aromatic rings. The third-order valence-corrected chi connectivity index (χ3v) is 6.20. The first-order valence-electron chi connectivity index (χ1n) is 10.3. The van der Waals surface area contributed by atoms with Gasteiger partial charge >= 0.3 is 0 Å². The summed E-state index contributed by atoms with van der Waals surface area (Å²) in [5.74, 6) is 0.653. The van der Waals surface area contributed by atoms with Gasteiger partial charge in [-0.1, -0.05) is 30.3 Å². The molecule has 0 radical (unpaired) electrons. The van der Waals surface area contributed by atoms with Crippen LogP contribution in [0.5, 0.6) is 5.88 Å². The van der Waals surface area contributed by atoms with Crippen molar-refractivity contribution >= 4 is 11.6 Å². The summed E-state index contributed by atoms with van der Waals surface area (Å²) in [5.41, 5.74) is 3.30. The predicted molar refractivity (Wildman–Crippen MR) is 114 cm³/mol. The molecule has 6 heteroatoms. The molecule has 4 rings (SSSR count). The summed E-state index contributed by atoms with van der Waals surface area (Å²) in [6, 6.07) is 13.2. The van der Waals surface area contributed by atoms with E-state index in [1.54, 1.807) is 12.0 Å². The topological polar surface area (TPSA) is 66.5 Å². The van der Waals surface area contributed by atoms with Gasteiger partial charge < -0.3 is 20.3 Å². The lowest BCUT2D eigenvalue weighted by atomic mass is 9.90. The number of rotatable bonds is 5. The molecule has 0 aliphatic carbocycles. The molecule has 1 fully saturated rings. The van der Waals surface area contributed by atoms with Gasteiger partial charge in [-0.25, -0.2) is 4.98 Å². The largest absolute Gasteiger partial charge is 0.481 e. The molecule has 2 unspecified atom stereocenters. The summed E-state index contributed by atoms with van der Waals surface area (Å²) in [5, 5.41) is 7.37. The first-order valence-corrected chi connectivity index (χ1v) is 10.3. The Morgan fingerprint density at radius 1 is 1.31 bits per heavy atom. The van der Waals surface area contributed by atoms with Crippen molar-refractivity contribution in [1.82, 2.24) is 15.6 Å². The average Bonchev–Trinajstić information content (AvgIpc) is 2.92. The zero-order valence-electron chi connectivity index (χ0n) is 17.7. The highest BCUT2D eigenvalue weighted by Gasteiger charge is 2.44. The van der Waals surface area contributed by atoms with Crippen LogP contribution in [-0.2, 0) is 16.8 Å². The molecule has 2 aliphatic rings. The summed E-state index contributed by atoms with van der Waals surface area (Å²) in [7, 11) is 3.46. The Bertz CT molecular complexity index is 897. The summed E-state index contributed by atoms with van der Waals surface area (Å²) >= 11 is 0. The second kappa shape index (κ2) is 7.76. The normalized spacial score (nSPS) is 23.2. The van der Waals surface area contributed by atoms with Crippen molar-refractivity contribution in [3.8, 4) is 5.88 Å². The van der Waals surface area contributed by atoms with Crippen LogP contribution in [0.4, 0.5) is 5.69 Å². The van der Waals surface area contributed by atoms with Gasteiger partial charge in [0.2, 0.25) is 11.8 Å². The second-order valence-electron chi connectivity index (χ2n) is 8.49. The zero-order valence-corrected chi connectivity index (χ0v) is 17.7. The monoisotopic (exact) mass is 394 g/mol. The Hall–Kier alpha value is -2.44. The first kappa shape index (κ1) is 19.9. The molecule has 6 nitrogen and oxygen atoms in total. The third kappa shape index (κ3) is 3.51. The number of fused-ring (bicyclic) bond motifs is 1. The van der Waals surface area contributed by atoms with E-state index in [2.05, 4.69) is 47.0 Å². The number of benzene rings is 1. The van der Waals surface area contributed by atoms with Gasteiger partial charge in [0.05, 0.1) is 23.9 Å². The number of hydrogen-bond donors (Lipinski definition) is 2. The van der Waals surface area contributed by atoms with Crippen LogP contribution in [0.2, 0.25) is 0 Å². The van der Waals surface area contributed by atoms with Crippen molar-refractivity contribution in [1.29, 1.82) is 0 Å². The molecule has 154 valence electrons. The van der Waals surface area contributed by atoms with Gasteiger partial charge in [-0.15, -0.1) is 0 Å². The van der Waals surface area contributed by atoms with Gasteiger partial charge in [0.15, 0.2) is 0 Å². The minimum atomic E-state index is -0.630. The molecule has 2 aliphatic heterocycles. The van der Waals surface area contributed by atoms with Crippen molar-refractivity contribution < 1.29 is 9.53 Å². The van der Waals surface area contributed by atoms with E-state index in [4.69, 9.17) is 9.72 Å². The highest BCUT2D eigenvalue weighted by Crippen LogP contribution is 2.41. The number of likely N-dealkylation sites (N-methyl/N-ethyl adjacent to an activating group) is 1. The average molecular weight is 395 g/mol. The number of anilines is 1. The number of carbonyl (C=O) groups is 1. The second-order valence-corrected chi connectivity index (χ2v) is 8.49. The molecule has 0 bridgehead atoms. The Morgan fingerprint density at radius 3 is 2.79 bits per heavy atom. The SMILES string of the molecule is COc1nc2c(cc1CNC1CCCNC1c1ccccc1)N(C)C(=O)C2(C)C.